The molecule has 1 saturated heterocycles. The molecule has 0 bridgehead atoms. The lowest BCUT2D eigenvalue weighted by Crippen LogP contribution is -2.55. The third-order valence-electron chi connectivity index (χ3n) is 5.39. The Labute approximate surface area is 184 Å². The van der Waals surface area contributed by atoms with Crippen molar-refractivity contribution in [2.75, 3.05) is 13.4 Å². The number of morpholine rings is 1. The fraction of sp³-hybridized carbons (Fsp3) is 0.364. The highest BCUT2D eigenvalue weighted by molar-refractivity contribution is 5.86. The van der Waals surface area contributed by atoms with Crippen LogP contribution in [0.4, 0.5) is 0 Å². The van der Waals surface area contributed by atoms with E-state index in [9.17, 15) is 9.59 Å². The van der Waals surface area contributed by atoms with Crippen LogP contribution in [0.25, 0.3) is 0 Å². The van der Waals surface area contributed by atoms with Crippen LogP contribution in [0.1, 0.15) is 30.0 Å². The summed E-state index contributed by atoms with van der Waals surface area (Å²) in [5, 5.41) is 9.82. The summed E-state index contributed by atoms with van der Waals surface area (Å²) in [6.45, 7) is 0.195. The van der Waals surface area contributed by atoms with Crippen LogP contribution in [0.2, 0.25) is 0 Å². The van der Waals surface area contributed by atoms with Crippen molar-refractivity contribution in [3.63, 3.8) is 0 Å². The summed E-state index contributed by atoms with van der Waals surface area (Å²) in [7, 11) is 0. The van der Waals surface area contributed by atoms with Crippen molar-refractivity contribution in [3.05, 3.63) is 53.9 Å². The molecular formula is C22H23N3O7. The molecule has 2 atom stereocenters. The normalized spacial score (nSPS) is 21.4. The zero-order valence-electron chi connectivity index (χ0n) is 17.2. The molecule has 1 aliphatic carbocycles. The lowest BCUT2D eigenvalue weighted by atomic mass is 9.98. The number of hydrogen-bond donors (Lipinski definition) is 2. The molecule has 5 rings (SSSR count). The lowest BCUT2D eigenvalue weighted by molar-refractivity contribution is -0.165. The van der Waals surface area contributed by atoms with Gasteiger partial charge in [-0.3, -0.25) is 19.4 Å². The van der Waals surface area contributed by atoms with Crippen LogP contribution in [-0.2, 0) is 25.7 Å². The number of amides is 2. The molecule has 2 aliphatic heterocycles. The topological polar surface area (TPSA) is 127 Å². The first-order valence-corrected chi connectivity index (χ1v) is 10.2. The molecule has 2 aromatic rings. The summed E-state index contributed by atoms with van der Waals surface area (Å²) < 4.78 is 16.4. The van der Waals surface area contributed by atoms with E-state index in [-0.39, 0.29) is 37.7 Å². The molecule has 10 nitrogen and oxygen atoms in total. The van der Waals surface area contributed by atoms with Crippen LogP contribution in [0.5, 0.6) is 11.5 Å². The van der Waals surface area contributed by atoms with Gasteiger partial charge in [0, 0.05) is 25.0 Å². The third kappa shape index (κ3) is 4.65. The molecule has 3 aliphatic rings. The van der Waals surface area contributed by atoms with E-state index in [4.69, 9.17) is 24.1 Å². The molecule has 1 aromatic carbocycles. The molecule has 10 heteroatoms. The van der Waals surface area contributed by atoms with Gasteiger partial charge in [-0.1, -0.05) is 12.1 Å². The quantitative estimate of drug-likeness (QED) is 0.664. The van der Waals surface area contributed by atoms with Gasteiger partial charge in [0.2, 0.25) is 12.7 Å². The van der Waals surface area contributed by atoms with Gasteiger partial charge in [0.1, 0.15) is 6.61 Å². The van der Waals surface area contributed by atoms with Gasteiger partial charge in [-0.2, -0.15) is 0 Å². The number of rotatable bonds is 5. The van der Waals surface area contributed by atoms with E-state index in [0.29, 0.717) is 18.0 Å². The largest absolute Gasteiger partial charge is 0.483 e. The van der Waals surface area contributed by atoms with Crippen LogP contribution in [-0.4, -0.2) is 58.8 Å². The van der Waals surface area contributed by atoms with Crippen molar-refractivity contribution in [1.82, 2.24) is 15.2 Å². The first-order valence-electron chi connectivity index (χ1n) is 10.2. The lowest BCUT2D eigenvalue weighted by Gasteiger charge is -2.40. The maximum Gasteiger partial charge on any atom is 0.290 e. The SMILES string of the molecule is O=C(NCc1ccc2c(c1)OCO2)[C@H]1OCC(=O)N(C2CC2)[C@@H]1c1cccnc1.O=CO. The first-order chi connectivity index (χ1) is 15.6. The average molecular weight is 441 g/mol. The highest BCUT2D eigenvalue weighted by Gasteiger charge is 2.47. The minimum absolute atomic E-state index is 0.0822. The van der Waals surface area contributed by atoms with Gasteiger partial charge in [0.25, 0.3) is 12.4 Å². The van der Waals surface area contributed by atoms with E-state index in [1.165, 1.54) is 0 Å². The van der Waals surface area contributed by atoms with E-state index >= 15 is 0 Å². The Morgan fingerprint density at radius 3 is 2.75 bits per heavy atom. The minimum Gasteiger partial charge on any atom is -0.483 e. The van der Waals surface area contributed by atoms with Gasteiger partial charge in [0.15, 0.2) is 17.6 Å². The molecule has 0 spiro atoms. The number of carbonyl (C=O) groups is 3. The molecule has 3 heterocycles. The second-order valence-electron chi connectivity index (χ2n) is 7.51. The van der Waals surface area contributed by atoms with Crippen molar-refractivity contribution < 1.29 is 33.7 Å². The molecule has 1 saturated carbocycles. The Morgan fingerprint density at radius 1 is 1.25 bits per heavy atom. The highest BCUT2D eigenvalue weighted by atomic mass is 16.7. The summed E-state index contributed by atoms with van der Waals surface area (Å²) in [5.41, 5.74) is 1.70. The Hall–Kier alpha value is -3.66. The number of pyridine rings is 1. The van der Waals surface area contributed by atoms with E-state index < -0.39 is 12.1 Å². The fourth-order valence-electron chi connectivity index (χ4n) is 3.86. The van der Waals surface area contributed by atoms with Gasteiger partial charge in [0.05, 0.1) is 6.04 Å². The molecule has 32 heavy (non-hydrogen) atoms. The fourth-order valence-corrected chi connectivity index (χ4v) is 3.86. The van der Waals surface area contributed by atoms with Crippen molar-refractivity contribution >= 4 is 18.3 Å². The number of nitrogens with one attached hydrogen (secondary N) is 1. The smallest absolute Gasteiger partial charge is 0.290 e. The summed E-state index contributed by atoms with van der Waals surface area (Å²) in [5.74, 6) is 1.03. The van der Waals surface area contributed by atoms with Gasteiger partial charge in [-0.05, 0) is 42.2 Å². The number of carbonyl (C=O) groups excluding carboxylic acids is 2. The van der Waals surface area contributed by atoms with Crippen LogP contribution in [0.15, 0.2) is 42.7 Å². The molecule has 2 N–H and O–H groups in total. The summed E-state index contributed by atoms with van der Waals surface area (Å²) in [6.07, 6.45) is 4.49. The summed E-state index contributed by atoms with van der Waals surface area (Å²) in [6, 6.07) is 8.94. The Kier molecular flexibility index (Phi) is 6.50. The van der Waals surface area contributed by atoms with Crippen LogP contribution in [0.3, 0.4) is 0 Å². The number of carboxylic acid groups (broad SMARTS) is 1. The molecule has 2 fully saturated rings. The van der Waals surface area contributed by atoms with Crippen molar-refractivity contribution in [3.8, 4) is 11.5 Å². The third-order valence-corrected chi connectivity index (χ3v) is 5.39. The van der Waals surface area contributed by atoms with Crippen molar-refractivity contribution in [2.45, 2.75) is 37.6 Å². The second kappa shape index (κ2) is 9.65. The second-order valence-corrected chi connectivity index (χ2v) is 7.51. The van der Waals surface area contributed by atoms with Crippen LogP contribution in [0, 0.1) is 0 Å². The van der Waals surface area contributed by atoms with Gasteiger partial charge in [-0.15, -0.1) is 0 Å². The number of benzene rings is 1. The number of aromatic nitrogens is 1. The average Bonchev–Trinajstić information content (AvgIpc) is 3.54. The van der Waals surface area contributed by atoms with Crippen molar-refractivity contribution in [1.29, 1.82) is 0 Å². The van der Waals surface area contributed by atoms with Gasteiger partial charge in [-0.25, -0.2) is 0 Å². The molecule has 0 radical (unpaired) electrons. The molecular weight excluding hydrogens is 418 g/mol. The highest BCUT2D eigenvalue weighted by Crippen LogP contribution is 2.39. The van der Waals surface area contributed by atoms with Crippen molar-refractivity contribution in [2.24, 2.45) is 0 Å². The molecule has 1 aromatic heterocycles. The van der Waals surface area contributed by atoms with E-state index in [1.54, 1.807) is 18.5 Å². The molecule has 168 valence electrons. The Morgan fingerprint density at radius 2 is 2.03 bits per heavy atom. The van der Waals surface area contributed by atoms with E-state index in [0.717, 1.165) is 24.0 Å². The van der Waals surface area contributed by atoms with E-state index in [2.05, 4.69) is 10.3 Å². The number of hydrogen-bond acceptors (Lipinski definition) is 7. The summed E-state index contributed by atoms with van der Waals surface area (Å²) in [4.78, 5) is 39.9. The maximum atomic E-state index is 13.0. The zero-order chi connectivity index (χ0) is 22.5. The summed E-state index contributed by atoms with van der Waals surface area (Å²) >= 11 is 0. The number of nitrogens with zero attached hydrogens (tertiary/aromatic N) is 2. The van der Waals surface area contributed by atoms with Crippen LogP contribution >= 0.6 is 0 Å². The zero-order valence-corrected chi connectivity index (χ0v) is 17.2. The molecule has 0 unspecified atom stereocenters. The Balaban J connectivity index is 0.000000775. The standard InChI is InChI=1S/C21H21N3O5.CH2O2/c25-18-11-27-20(19(24(18)15-4-5-15)14-2-1-7-22-10-14)21(26)23-9-13-3-6-16-17(8-13)29-12-28-16;2-1-3/h1-3,6-8,10,15,19-20H,4-5,9,11-12H2,(H,23,26);1H,(H,2,3)/t19-,20+;/m1./s1. The maximum absolute atomic E-state index is 13.0. The van der Waals surface area contributed by atoms with Crippen LogP contribution < -0.4 is 14.8 Å². The molecule has 2 amide bonds. The van der Waals surface area contributed by atoms with Gasteiger partial charge >= 0.3 is 0 Å². The first kappa shape index (κ1) is 21.6. The van der Waals surface area contributed by atoms with Gasteiger partial charge < -0.3 is 29.5 Å². The van der Waals surface area contributed by atoms with E-state index in [1.807, 2.05) is 29.2 Å². The minimum atomic E-state index is -0.786. The predicted octanol–water partition coefficient (Wildman–Crippen LogP) is 1.26. The Bertz CT molecular complexity index is 981. The monoisotopic (exact) mass is 441 g/mol. The number of ether oxygens (including phenoxy) is 3. The number of fused-ring (bicyclic) bond motifs is 1. The predicted molar refractivity (Wildman–Crippen MR) is 110 cm³/mol.